The minimum absolute atomic E-state index is 0.0479. The summed E-state index contributed by atoms with van der Waals surface area (Å²) in [5, 5.41) is 134. The summed E-state index contributed by atoms with van der Waals surface area (Å²) in [5.41, 5.74) is -3.24. The highest BCUT2D eigenvalue weighted by Crippen LogP contribution is 2.74. The summed E-state index contributed by atoms with van der Waals surface area (Å²) in [6.07, 6.45) is -9.63. The summed E-state index contributed by atoms with van der Waals surface area (Å²) in [5.74, 6) is -3.31. The Morgan fingerprint density at radius 1 is 0.700 bits per heavy atom. The molecule has 518 valence electrons. The molecule has 8 rings (SSSR count). The number of halogens is 1. The minimum Gasteiger partial charge on any atom is -0.432 e. The maximum Gasteiger partial charge on any atom is 0.318 e. The molecule has 4 aliphatic carbocycles. The standard InChI is InChI=1S/C65H108INO23/c1-34-52(88-57-51(81)49(79)38(73)32-84-57)48(78)36(29-69)56(85-34)89-53-50(80)46(67-45(76)17-15-13-11-9-10-12-14-16-26-83-55-35(28-68)47(77)40(31-71)87-55)39(30-70)86-58(53)90-59(82)65(25-24-60(2,3)4)44(75)27-64(8)37(54(65)66)18-19-42-61(5)22-21-43(74)62(6,33-72)41(61)20-23-63(42,64)7/h18,33-36,38-44,46-58,68-71,73-75,77-81H,9-17,19-32H2,1-8H3,(H,67,76)/t34?,35?,36?,38-,39?,40+,41?,42?,43+,44?,46+,47?,48?,49?,50?,51?,52+,53?,54?,55-,56+,57+,58+,61?,62?,63?,64-,65+/m1/s1. The minimum atomic E-state index is -1.86. The fraction of sp³-hybridized carbons (Fsp3) is 0.923. The van der Waals surface area contributed by atoms with Crippen LogP contribution in [0.4, 0.5) is 0 Å². The molecule has 1 amide bonds. The van der Waals surface area contributed by atoms with Crippen molar-refractivity contribution >= 4 is 40.8 Å². The molecule has 3 saturated carbocycles. The Hall–Kier alpha value is -1.68. The first-order chi connectivity index (χ1) is 42.5. The summed E-state index contributed by atoms with van der Waals surface area (Å²) >= 11 is 2.29. The molecule has 0 bridgehead atoms. The number of alkyl halides is 1. The van der Waals surface area contributed by atoms with Gasteiger partial charge in [0, 0.05) is 13.0 Å². The van der Waals surface area contributed by atoms with E-state index in [-0.39, 0.29) is 55.1 Å². The molecule has 0 aromatic carbocycles. The molecule has 0 aromatic heterocycles. The molecule has 17 unspecified atom stereocenters. The molecule has 4 saturated heterocycles. The van der Waals surface area contributed by atoms with Crippen LogP contribution in [-0.2, 0) is 52.3 Å². The molecule has 25 heteroatoms. The number of unbranched alkanes of at least 4 members (excludes halogenated alkanes) is 7. The van der Waals surface area contributed by atoms with Crippen LogP contribution in [-0.4, -0.2) is 234 Å². The van der Waals surface area contributed by atoms with E-state index >= 15 is 4.79 Å². The number of amides is 1. The van der Waals surface area contributed by atoms with Crippen LogP contribution >= 0.6 is 22.6 Å². The van der Waals surface area contributed by atoms with E-state index in [1.54, 1.807) is 0 Å². The zero-order chi connectivity index (χ0) is 66.1. The number of allylic oxidation sites excluding steroid dienone is 2. The Kier molecular flexibility index (Phi) is 25.0. The second-order valence-electron chi connectivity index (χ2n) is 29.7. The smallest absolute Gasteiger partial charge is 0.318 e. The summed E-state index contributed by atoms with van der Waals surface area (Å²) < 4.78 is 47.9. The van der Waals surface area contributed by atoms with Crippen molar-refractivity contribution in [3.05, 3.63) is 11.6 Å². The zero-order valence-corrected chi connectivity index (χ0v) is 56.1. The first kappa shape index (κ1) is 74.1. The lowest BCUT2D eigenvalue weighted by atomic mass is 9.35. The van der Waals surface area contributed by atoms with E-state index < -0.39 is 180 Å². The van der Waals surface area contributed by atoms with E-state index in [1.807, 2.05) is 27.7 Å². The summed E-state index contributed by atoms with van der Waals surface area (Å²) in [6.45, 7) is 13.9. The average Bonchev–Trinajstić information content (AvgIpc) is 0.753. The van der Waals surface area contributed by atoms with Crippen LogP contribution < -0.4 is 5.32 Å². The van der Waals surface area contributed by atoms with Gasteiger partial charge in [0.05, 0.1) is 90.8 Å². The van der Waals surface area contributed by atoms with Crippen molar-refractivity contribution in [2.45, 2.75) is 279 Å². The average molecular weight is 1400 g/mol. The number of rotatable bonds is 26. The number of hydrogen-bond donors (Lipinski definition) is 13. The number of aliphatic hydroxyl groups is 12. The Labute approximate surface area is 543 Å². The first-order valence-electron chi connectivity index (χ1n) is 33.2. The van der Waals surface area contributed by atoms with Gasteiger partial charge in [-0.15, -0.1) is 0 Å². The van der Waals surface area contributed by atoms with E-state index in [4.69, 9.17) is 37.9 Å². The van der Waals surface area contributed by atoms with Crippen LogP contribution in [0.15, 0.2) is 11.6 Å². The quantitative estimate of drug-likeness (QED) is 0.0148. The highest BCUT2D eigenvalue weighted by atomic mass is 127. The Morgan fingerprint density at radius 3 is 1.96 bits per heavy atom. The van der Waals surface area contributed by atoms with Crippen molar-refractivity contribution in [1.29, 1.82) is 0 Å². The Balaban J connectivity index is 0.991. The topological polar surface area (TPSA) is 380 Å². The summed E-state index contributed by atoms with van der Waals surface area (Å²) in [4.78, 5) is 42.6. The largest absolute Gasteiger partial charge is 0.432 e. The number of ether oxygens (including phenoxy) is 8. The van der Waals surface area contributed by atoms with Crippen molar-refractivity contribution in [3.8, 4) is 0 Å². The molecule has 4 aliphatic heterocycles. The van der Waals surface area contributed by atoms with Gasteiger partial charge < -0.3 is 109 Å². The number of nitrogens with one attached hydrogen (secondary N) is 1. The molecule has 90 heavy (non-hydrogen) atoms. The van der Waals surface area contributed by atoms with Crippen molar-refractivity contribution in [3.63, 3.8) is 0 Å². The highest BCUT2D eigenvalue weighted by Gasteiger charge is 2.71. The van der Waals surface area contributed by atoms with Crippen LogP contribution in [0.2, 0.25) is 0 Å². The molecule has 0 aromatic rings. The lowest BCUT2D eigenvalue weighted by Gasteiger charge is -2.70. The van der Waals surface area contributed by atoms with Gasteiger partial charge in [-0.2, -0.15) is 0 Å². The second-order valence-corrected chi connectivity index (χ2v) is 31.0. The van der Waals surface area contributed by atoms with Gasteiger partial charge in [0.15, 0.2) is 25.0 Å². The van der Waals surface area contributed by atoms with Crippen LogP contribution in [0.5, 0.6) is 0 Å². The molecular weight excluding hydrogens is 1290 g/mol. The SMILES string of the molecule is CC1O[C@@H](OC2C(O)[C@@H](NC(=O)CCCCCCCCCCO[C@@H]3O[C@@H](CO)C(O)C3CO)C(CO)O[C@H]2OC(=O)[C@@]2(CCC(C)(C)C)C(O)C[C@]3(C)C(=CCC4C5(C)CC[C@H](O)C(C)(C=O)C5CCC43C)C2I)C(CO)C(O)[C@H]1O[C@@H]1OC[C@@H](O)C(O)C1O. The van der Waals surface area contributed by atoms with E-state index in [2.05, 4.69) is 54.8 Å². The third-order valence-corrected chi connectivity index (χ3v) is 24.9. The van der Waals surface area contributed by atoms with E-state index in [0.29, 0.717) is 45.1 Å². The molecule has 7 fully saturated rings. The number of hydrogen-bond acceptors (Lipinski definition) is 23. The molecule has 4 heterocycles. The lowest BCUT2D eigenvalue weighted by molar-refractivity contribution is -0.365. The molecule has 24 nitrogen and oxygen atoms in total. The molecule has 8 aliphatic rings. The third-order valence-electron chi connectivity index (χ3n) is 23.1. The predicted octanol–water partition coefficient (Wildman–Crippen LogP) is 2.35. The van der Waals surface area contributed by atoms with Gasteiger partial charge in [0.1, 0.15) is 54.4 Å². The number of carbonyl (C=O) groups is 3. The summed E-state index contributed by atoms with van der Waals surface area (Å²) in [6, 6.07) is -1.37. The highest BCUT2D eigenvalue weighted by molar-refractivity contribution is 14.1. The maximum atomic E-state index is 15.9. The zero-order valence-electron chi connectivity index (χ0n) is 53.9. The number of aldehydes is 1. The molecule has 0 spiro atoms. The van der Waals surface area contributed by atoms with Crippen LogP contribution in [0, 0.1) is 56.2 Å². The number of carbonyl (C=O) groups excluding carboxylic acids is 3. The van der Waals surface area contributed by atoms with Crippen LogP contribution in [0.3, 0.4) is 0 Å². The second kappa shape index (κ2) is 30.4. The van der Waals surface area contributed by atoms with E-state index in [9.17, 15) is 70.9 Å². The van der Waals surface area contributed by atoms with E-state index in [1.165, 1.54) is 6.92 Å². The van der Waals surface area contributed by atoms with Crippen molar-refractivity contribution in [2.24, 2.45) is 56.2 Å². The fourth-order valence-electron chi connectivity index (χ4n) is 17.1. The van der Waals surface area contributed by atoms with Gasteiger partial charge in [-0.25, -0.2) is 0 Å². The number of esters is 1. The van der Waals surface area contributed by atoms with Crippen molar-refractivity contribution < 1.29 is 114 Å². The summed E-state index contributed by atoms with van der Waals surface area (Å²) in [7, 11) is 0. The van der Waals surface area contributed by atoms with Gasteiger partial charge >= 0.3 is 5.97 Å². The van der Waals surface area contributed by atoms with Crippen molar-refractivity contribution in [1.82, 2.24) is 5.32 Å². The van der Waals surface area contributed by atoms with E-state index in [0.717, 1.165) is 63.2 Å². The maximum absolute atomic E-state index is 15.9. The van der Waals surface area contributed by atoms with Crippen LogP contribution in [0.1, 0.15) is 165 Å². The Bertz CT molecular complexity index is 2410. The van der Waals surface area contributed by atoms with Crippen LogP contribution in [0.25, 0.3) is 0 Å². The first-order valence-corrected chi connectivity index (χ1v) is 34.4. The number of aliphatic hydroxyl groups excluding tert-OH is 12. The number of fused-ring (bicyclic) bond motifs is 5. The molecule has 28 atom stereocenters. The lowest BCUT2D eigenvalue weighted by Crippen LogP contribution is -2.69. The monoisotopic (exact) mass is 1400 g/mol. The van der Waals surface area contributed by atoms with Gasteiger partial charge in [0.25, 0.3) is 0 Å². The molecule has 0 radical (unpaired) electrons. The van der Waals surface area contributed by atoms with Crippen molar-refractivity contribution in [2.75, 3.05) is 39.6 Å². The van der Waals surface area contributed by atoms with Gasteiger partial charge in [0.2, 0.25) is 12.2 Å². The fourth-order valence-corrected chi connectivity index (χ4v) is 19.0. The predicted molar refractivity (Wildman–Crippen MR) is 330 cm³/mol. The van der Waals surface area contributed by atoms with Gasteiger partial charge in [-0.1, -0.05) is 121 Å². The van der Waals surface area contributed by atoms with Gasteiger partial charge in [-0.3, -0.25) is 9.59 Å². The van der Waals surface area contributed by atoms with Gasteiger partial charge in [-0.05, 0) is 105 Å². The molecular formula is C65H108INO23. The molecule has 13 N–H and O–H groups in total. The normalized spacial score (nSPS) is 46.3. The Morgan fingerprint density at radius 2 is 1.32 bits per heavy atom. The third kappa shape index (κ3) is 14.5.